The Hall–Kier alpha value is -3.33. The molecule has 7 rings (SSSR count). The highest BCUT2D eigenvalue weighted by molar-refractivity contribution is 6.01. The lowest BCUT2D eigenvalue weighted by atomic mass is 9.79. The largest absolute Gasteiger partial charge is 0.455 e. The molecule has 0 fully saturated rings. The van der Waals surface area contributed by atoms with E-state index in [4.69, 9.17) is 9.73 Å². The van der Waals surface area contributed by atoms with Crippen molar-refractivity contribution >= 4 is 32.8 Å². The van der Waals surface area contributed by atoms with E-state index < -0.39 is 0 Å². The van der Waals surface area contributed by atoms with E-state index in [1.807, 2.05) is 0 Å². The van der Waals surface area contributed by atoms with Crippen molar-refractivity contribution in [2.45, 2.75) is 84.2 Å². The van der Waals surface area contributed by atoms with Crippen molar-refractivity contribution in [3.05, 3.63) is 75.8 Å². The average Bonchev–Trinajstić information content (AvgIpc) is 2.81. The topological polar surface area (TPSA) is 33.6 Å². The first-order valence-corrected chi connectivity index (χ1v) is 13.8. The number of rotatable bonds is 0. The molecule has 3 nitrogen and oxygen atoms in total. The molecule has 0 spiro atoms. The van der Waals surface area contributed by atoms with Crippen LogP contribution >= 0.6 is 0 Å². The first-order chi connectivity index (χ1) is 17.5. The van der Waals surface area contributed by atoms with Crippen molar-refractivity contribution in [1.82, 2.24) is 0 Å². The van der Waals surface area contributed by atoms with Crippen LogP contribution in [-0.4, -0.2) is 11.1 Å². The zero-order chi connectivity index (χ0) is 25.9. The van der Waals surface area contributed by atoms with Gasteiger partial charge in [-0.05, 0) is 111 Å². The van der Waals surface area contributed by atoms with Crippen LogP contribution in [0.3, 0.4) is 0 Å². The van der Waals surface area contributed by atoms with Gasteiger partial charge in [-0.3, -0.25) is 4.99 Å². The lowest BCUT2D eigenvalue weighted by molar-refractivity contribution is 0.410. The van der Waals surface area contributed by atoms with Crippen LogP contribution < -0.4 is 20.6 Å². The minimum absolute atomic E-state index is 0.0205. The first kappa shape index (κ1) is 22.8. The molecular formula is C34H36N2O. The van der Waals surface area contributed by atoms with Gasteiger partial charge in [0.2, 0.25) is 0 Å². The number of benzene rings is 4. The van der Waals surface area contributed by atoms with Gasteiger partial charge in [0, 0.05) is 32.8 Å². The van der Waals surface area contributed by atoms with Gasteiger partial charge >= 0.3 is 0 Å². The first-order valence-electron chi connectivity index (χ1n) is 13.8. The fraction of sp³-hybridized carbons (Fsp3) is 0.382. The molecule has 0 aromatic heterocycles. The Kier molecular flexibility index (Phi) is 4.55. The van der Waals surface area contributed by atoms with Gasteiger partial charge < -0.3 is 10.1 Å². The number of fused-ring (bicyclic) bond motifs is 10. The summed E-state index contributed by atoms with van der Waals surface area (Å²) >= 11 is 0. The van der Waals surface area contributed by atoms with Crippen LogP contribution in [0.4, 0.5) is 5.69 Å². The van der Waals surface area contributed by atoms with E-state index in [1.54, 1.807) is 0 Å². The molecule has 2 atom stereocenters. The molecule has 37 heavy (non-hydrogen) atoms. The second-order valence-corrected chi connectivity index (χ2v) is 13.0. The fourth-order valence-electron chi connectivity index (χ4n) is 7.61. The van der Waals surface area contributed by atoms with Crippen molar-refractivity contribution in [3.8, 4) is 11.5 Å². The van der Waals surface area contributed by atoms with Crippen LogP contribution in [0.5, 0.6) is 11.5 Å². The normalized spacial score (nSPS) is 22.7. The lowest BCUT2D eigenvalue weighted by Crippen LogP contribution is -2.36. The van der Waals surface area contributed by atoms with Crippen molar-refractivity contribution in [2.75, 3.05) is 5.32 Å². The van der Waals surface area contributed by atoms with Crippen LogP contribution in [0.1, 0.15) is 89.8 Å². The lowest BCUT2D eigenvalue weighted by Gasteiger charge is -2.38. The number of nitrogens with zero attached hydrogens (tertiary/aromatic N) is 1. The third-order valence-electron chi connectivity index (χ3n) is 8.88. The number of hydrogen-bond donors (Lipinski definition) is 1. The van der Waals surface area contributed by atoms with Gasteiger partial charge in [-0.2, -0.15) is 0 Å². The highest BCUT2D eigenvalue weighted by Crippen LogP contribution is 2.48. The minimum atomic E-state index is -0.0205. The zero-order valence-corrected chi connectivity index (χ0v) is 23.0. The Bertz CT molecular complexity index is 1780. The van der Waals surface area contributed by atoms with Crippen molar-refractivity contribution in [1.29, 1.82) is 0 Å². The van der Waals surface area contributed by atoms with Crippen LogP contribution in [0.2, 0.25) is 0 Å². The maximum atomic E-state index is 6.94. The molecule has 0 radical (unpaired) electrons. The van der Waals surface area contributed by atoms with Gasteiger partial charge in [0.25, 0.3) is 0 Å². The molecule has 3 heterocycles. The average molecular weight is 489 g/mol. The van der Waals surface area contributed by atoms with Crippen molar-refractivity contribution in [2.24, 2.45) is 4.99 Å². The summed E-state index contributed by atoms with van der Waals surface area (Å²) in [5.74, 6) is 2.91. The van der Waals surface area contributed by atoms with E-state index in [2.05, 4.69) is 102 Å². The maximum Gasteiger partial charge on any atom is 0.142 e. The van der Waals surface area contributed by atoms with Gasteiger partial charge in [0.1, 0.15) is 11.5 Å². The Morgan fingerprint density at radius 2 is 1.41 bits per heavy atom. The fourth-order valence-corrected chi connectivity index (χ4v) is 7.61. The molecule has 4 aromatic carbocycles. The molecule has 188 valence electrons. The second kappa shape index (κ2) is 7.37. The number of nitrogens with one attached hydrogen (secondary N) is 1. The molecule has 0 amide bonds. The highest BCUT2D eigenvalue weighted by atomic mass is 16.5. The monoisotopic (exact) mass is 488 g/mol. The molecule has 0 aliphatic carbocycles. The number of ether oxygens (including phenoxy) is 1. The Labute approximate surface area is 219 Å². The Morgan fingerprint density at radius 1 is 0.757 bits per heavy atom. The summed E-state index contributed by atoms with van der Waals surface area (Å²) in [5, 5.41) is 11.1. The predicted molar refractivity (Wildman–Crippen MR) is 155 cm³/mol. The van der Waals surface area contributed by atoms with E-state index in [9.17, 15) is 0 Å². The van der Waals surface area contributed by atoms with Crippen molar-refractivity contribution < 1.29 is 4.74 Å². The van der Waals surface area contributed by atoms with E-state index >= 15 is 0 Å². The summed E-state index contributed by atoms with van der Waals surface area (Å²) in [6.07, 6.45) is 2.17. The summed E-state index contributed by atoms with van der Waals surface area (Å²) < 4.78 is 6.94. The summed E-state index contributed by atoms with van der Waals surface area (Å²) in [6, 6.07) is 18.1. The van der Waals surface area contributed by atoms with Crippen LogP contribution in [0.25, 0.3) is 27.1 Å². The molecule has 3 aliphatic rings. The highest BCUT2D eigenvalue weighted by Gasteiger charge is 2.32. The molecule has 4 aromatic rings. The summed E-state index contributed by atoms with van der Waals surface area (Å²) in [4.78, 5) is 5.09. The molecule has 3 aliphatic heterocycles. The molecule has 1 N–H and O–H groups in total. The quantitative estimate of drug-likeness (QED) is 0.273. The molecule has 0 saturated carbocycles. The molecule has 2 unspecified atom stereocenters. The van der Waals surface area contributed by atoms with Gasteiger partial charge in [-0.15, -0.1) is 0 Å². The van der Waals surface area contributed by atoms with Gasteiger partial charge in [0.15, 0.2) is 0 Å². The second-order valence-electron chi connectivity index (χ2n) is 13.0. The zero-order valence-electron chi connectivity index (χ0n) is 23.0. The summed E-state index contributed by atoms with van der Waals surface area (Å²) in [6.45, 7) is 16.0. The third-order valence-corrected chi connectivity index (χ3v) is 8.88. The third kappa shape index (κ3) is 3.29. The number of hydrogen-bond acceptors (Lipinski definition) is 3. The van der Waals surface area contributed by atoms with Crippen LogP contribution in [0.15, 0.2) is 53.5 Å². The van der Waals surface area contributed by atoms with Gasteiger partial charge in [-0.25, -0.2) is 0 Å². The van der Waals surface area contributed by atoms with Crippen molar-refractivity contribution in [3.63, 3.8) is 0 Å². The minimum Gasteiger partial charge on any atom is -0.455 e. The van der Waals surface area contributed by atoms with Crippen LogP contribution in [-0.2, 0) is 0 Å². The summed E-state index contributed by atoms with van der Waals surface area (Å²) in [5.41, 5.74) is 6.59. The van der Waals surface area contributed by atoms with E-state index in [0.717, 1.165) is 29.7 Å². The molecular weight excluding hydrogens is 452 g/mol. The molecule has 3 heteroatoms. The van der Waals surface area contributed by atoms with Crippen LogP contribution in [0, 0.1) is 0 Å². The van der Waals surface area contributed by atoms with E-state index in [0.29, 0.717) is 11.8 Å². The van der Waals surface area contributed by atoms with Gasteiger partial charge in [-0.1, -0.05) is 38.1 Å². The SMILES string of the molecule is CC1=c2ccc3c4c(ccc3c2Oc2c1ccc1c3c(ccc21)NC(C)(C)CC3C)=NC(C)(C)CC4C. The van der Waals surface area contributed by atoms with E-state index in [-0.39, 0.29) is 11.1 Å². The van der Waals surface area contributed by atoms with E-state index in [1.165, 1.54) is 54.7 Å². The summed E-state index contributed by atoms with van der Waals surface area (Å²) in [7, 11) is 0. The standard InChI is InChI=1S/C34H36N2O/c1-18-16-33(4,5)35-27-14-12-25-23(29(18)27)10-8-21-20(3)22-9-11-24-26(32(22)37-31(21)25)13-15-28-30(24)19(2)17-34(6,7)36-28/h8-15,18-19,35H,16-17H2,1-7H3. The Balaban J connectivity index is 1.48. The predicted octanol–water partition coefficient (Wildman–Crippen LogP) is 7.92. The van der Waals surface area contributed by atoms with Gasteiger partial charge in [0.05, 0.1) is 10.9 Å². The maximum absolute atomic E-state index is 6.94. The number of anilines is 1. The molecule has 0 bridgehead atoms. The molecule has 0 saturated heterocycles. The smallest absolute Gasteiger partial charge is 0.142 e. The Morgan fingerprint density at radius 3 is 2.22 bits per heavy atom.